The molecule has 0 saturated carbocycles. The van der Waals surface area contributed by atoms with E-state index in [2.05, 4.69) is 36.7 Å². The van der Waals surface area contributed by atoms with Gasteiger partial charge in [-0.05, 0) is 52.2 Å². The van der Waals surface area contributed by atoms with Crippen LogP contribution in [0.3, 0.4) is 0 Å². The number of amides is 1. The van der Waals surface area contributed by atoms with E-state index in [-0.39, 0.29) is 5.91 Å². The monoisotopic (exact) mass is 414 g/mol. The van der Waals surface area contributed by atoms with Gasteiger partial charge in [0.15, 0.2) is 5.69 Å². The van der Waals surface area contributed by atoms with Gasteiger partial charge in [0, 0.05) is 0 Å². The predicted molar refractivity (Wildman–Crippen MR) is 106 cm³/mol. The Bertz CT molecular complexity index is 927. The second-order valence-corrected chi connectivity index (χ2v) is 7.73. The van der Waals surface area contributed by atoms with Crippen molar-refractivity contribution in [3.63, 3.8) is 0 Å². The summed E-state index contributed by atoms with van der Waals surface area (Å²) in [5.41, 5.74) is 5.58. The Balaban J connectivity index is 1.61. The third kappa shape index (κ3) is 4.74. The van der Waals surface area contributed by atoms with Gasteiger partial charge >= 0.3 is 0 Å². The summed E-state index contributed by atoms with van der Waals surface area (Å²) in [6, 6.07) is 15.5. The fourth-order valence-electron chi connectivity index (χ4n) is 2.12. The number of nitrogens with zero attached hydrogens (tertiary/aromatic N) is 2. The smallest absolute Gasteiger partial charge is 0.276 e. The molecule has 0 unspecified atom stereocenters. The molecule has 7 heteroatoms. The Morgan fingerprint density at radius 2 is 2.08 bits per heavy atom. The summed E-state index contributed by atoms with van der Waals surface area (Å²) in [6.45, 7) is 1.92. The number of benzene rings is 1. The van der Waals surface area contributed by atoms with Crippen LogP contribution in [-0.4, -0.2) is 22.3 Å². The molecule has 1 aromatic carbocycles. The summed E-state index contributed by atoms with van der Waals surface area (Å²) in [6.07, 6.45) is 3.59. The van der Waals surface area contributed by atoms with Crippen LogP contribution in [0.5, 0.6) is 0 Å². The van der Waals surface area contributed by atoms with E-state index in [1.165, 1.54) is 0 Å². The number of hydrogen-bond donors (Lipinski definition) is 2. The van der Waals surface area contributed by atoms with E-state index in [4.69, 9.17) is 0 Å². The second kappa shape index (κ2) is 8.04. The molecule has 2 aromatic heterocycles. The summed E-state index contributed by atoms with van der Waals surface area (Å²) in [4.78, 5) is 13.1. The molecule has 5 nitrogen and oxygen atoms in total. The van der Waals surface area contributed by atoms with Crippen LogP contribution in [-0.2, 0) is 0 Å². The van der Waals surface area contributed by atoms with Gasteiger partial charge in [-0.15, -0.1) is 11.3 Å². The Morgan fingerprint density at radius 3 is 2.80 bits per heavy atom. The minimum Gasteiger partial charge on any atom is -0.276 e. The van der Waals surface area contributed by atoms with Gasteiger partial charge in [-0.25, -0.2) is 5.43 Å². The number of halogens is 1. The maximum absolute atomic E-state index is 12.1. The minimum atomic E-state index is -0.359. The fraction of sp³-hybridized carbons (Fsp3) is 0.0556. The number of carbonyl (C=O) groups excluding carboxylic acids is 1. The van der Waals surface area contributed by atoms with E-state index in [1.807, 2.05) is 55.5 Å². The van der Waals surface area contributed by atoms with Gasteiger partial charge in [-0.3, -0.25) is 9.89 Å². The summed E-state index contributed by atoms with van der Waals surface area (Å²) in [5.74, 6) is -0.359. The van der Waals surface area contributed by atoms with E-state index in [0.717, 1.165) is 25.5 Å². The molecule has 0 aliphatic rings. The zero-order valence-corrected chi connectivity index (χ0v) is 15.8. The summed E-state index contributed by atoms with van der Waals surface area (Å²) in [5, 5.41) is 10.9. The molecule has 0 radical (unpaired) electrons. The quantitative estimate of drug-likeness (QED) is 0.468. The van der Waals surface area contributed by atoms with Crippen molar-refractivity contribution in [2.24, 2.45) is 5.10 Å². The van der Waals surface area contributed by atoms with Gasteiger partial charge in [0.2, 0.25) is 0 Å². The summed E-state index contributed by atoms with van der Waals surface area (Å²) >= 11 is 4.98. The zero-order valence-electron chi connectivity index (χ0n) is 13.4. The van der Waals surface area contributed by atoms with Crippen molar-refractivity contribution in [1.82, 2.24) is 15.6 Å². The highest BCUT2D eigenvalue weighted by Crippen LogP contribution is 2.30. The summed E-state index contributed by atoms with van der Waals surface area (Å²) in [7, 11) is 0. The fourth-order valence-corrected chi connectivity index (χ4v) is 3.47. The molecule has 3 rings (SSSR count). The number of nitrogens with one attached hydrogen (secondary N) is 2. The Labute approximate surface area is 157 Å². The van der Waals surface area contributed by atoms with Crippen LogP contribution in [0.1, 0.15) is 23.0 Å². The van der Waals surface area contributed by atoms with Crippen LogP contribution in [0.2, 0.25) is 0 Å². The first-order chi connectivity index (χ1) is 12.1. The summed E-state index contributed by atoms with van der Waals surface area (Å²) < 4.78 is 1.02. The molecule has 0 spiro atoms. The van der Waals surface area contributed by atoms with Gasteiger partial charge in [-0.1, -0.05) is 36.4 Å². The molecule has 0 bridgehead atoms. The van der Waals surface area contributed by atoms with Crippen molar-refractivity contribution in [2.45, 2.75) is 6.92 Å². The Morgan fingerprint density at radius 1 is 1.28 bits per heavy atom. The van der Waals surface area contributed by atoms with Crippen LogP contribution in [0.15, 0.2) is 63.0 Å². The number of aromatic amines is 1. The molecule has 0 saturated heterocycles. The van der Waals surface area contributed by atoms with Crippen molar-refractivity contribution in [3.05, 3.63) is 69.1 Å². The lowest BCUT2D eigenvalue weighted by Gasteiger charge is -1.96. The molecule has 2 heterocycles. The third-order valence-electron chi connectivity index (χ3n) is 3.28. The van der Waals surface area contributed by atoms with Gasteiger partial charge < -0.3 is 0 Å². The second-order valence-electron chi connectivity index (χ2n) is 5.27. The molecule has 0 atom stereocenters. The molecule has 3 aromatic rings. The van der Waals surface area contributed by atoms with Crippen LogP contribution < -0.4 is 5.43 Å². The van der Waals surface area contributed by atoms with Gasteiger partial charge in [0.1, 0.15) is 0 Å². The van der Waals surface area contributed by atoms with E-state index in [1.54, 1.807) is 23.6 Å². The standard InChI is InChI=1S/C18H15BrN4OS/c1-12(9-13-5-3-2-4-6-13)11-20-23-18(24)15-10-14(21-22-15)16-7-8-17(19)25-16/h2-11H,1H3,(H,21,22)(H,23,24). The van der Waals surface area contributed by atoms with Crippen molar-refractivity contribution < 1.29 is 4.79 Å². The van der Waals surface area contributed by atoms with Crippen LogP contribution >= 0.6 is 27.3 Å². The van der Waals surface area contributed by atoms with Crippen LogP contribution in [0.4, 0.5) is 0 Å². The number of hydrazone groups is 1. The zero-order chi connectivity index (χ0) is 17.6. The van der Waals surface area contributed by atoms with Crippen LogP contribution in [0, 0.1) is 0 Å². The minimum absolute atomic E-state index is 0.293. The number of hydrogen-bond acceptors (Lipinski definition) is 4. The lowest BCUT2D eigenvalue weighted by Crippen LogP contribution is -2.17. The van der Waals surface area contributed by atoms with E-state index < -0.39 is 0 Å². The first-order valence-corrected chi connectivity index (χ1v) is 9.10. The number of rotatable bonds is 5. The molecule has 1 amide bonds. The SMILES string of the molecule is CC(C=NNC(=O)c1cc(-c2ccc(Br)s2)[nH]n1)=Cc1ccccc1. The lowest BCUT2D eigenvalue weighted by molar-refractivity contribution is 0.0950. The van der Waals surface area contributed by atoms with Gasteiger partial charge in [-0.2, -0.15) is 10.2 Å². The van der Waals surface area contributed by atoms with Crippen molar-refractivity contribution in [3.8, 4) is 10.6 Å². The van der Waals surface area contributed by atoms with Gasteiger partial charge in [0.05, 0.1) is 20.6 Å². The first-order valence-electron chi connectivity index (χ1n) is 7.50. The van der Waals surface area contributed by atoms with E-state index in [9.17, 15) is 4.79 Å². The number of allylic oxidation sites excluding steroid dienone is 1. The number of carbonyl (C=O) groups is 1. The molecule has 25 heavy (non-hydrogen) atoms. The largest absolute Gasteiger partial charge is 0.291 e. The lowest BCUT2D eigenvalue weighted by atomic mass is 10.1. The molecule has 126 valence electrons. The first kappa shape index (κ1) is 17.3. The third-order valence-corrected chi connectivity index (χ3v) is 4.93. The molecule has 0 fully saturated rings. The van der Waals surface area contributed by atoms with Crippen molar-refractivity contribution in [2.75, 3.05) is 0 Å². The maximum Gasteiger partial charge on any atom is 0.291 e. The molecule has 0 aliphatic carbocycles. The predicted octanol–water partition coefficient (Wildman–Crippen LogP) is 4.72. The van der Waals surface area contributed by atoms with Gasteiger partial charge in [0.25, 0.3) is 5.91 Å². The average Bonchev–Trinajstić information content (AvgIpc) is 3.24. The average molecular weight is 415 g/mol. The Kier molecular flexibility index (Phi) is 5.57. The highest BCUT2D eigenvalue weighted by Gasteiger charge is 2.11. The van der Waals surface area contributed by atoms with Crippen molar-refractivity contribution >= 4 is 45.5 Å². The molecule has 2 N–H and O–H groups in total. The highest BCUT2D eigenvalue weighted by molar-refractivity contribution is 9.11. The normalized spacial score (nSPS) is 11.8. The molecular formula is C18H15BrN4OS. The molecule has 0 aliphatic heterocycles. The highest BCUT2D eigenvalue weighted by atomic mass is 79.9. The van der Waals surface area contributed by atoms with Crippen LogP contribution in [0.25, 0.3) is 16.6 Å². The topological polar surface area (TPSA) is 70.1 Å². The maximum atomic E-state index is 12.1. The number of aromatic nitrogens is 2. The molecular weight excluding hydrogens is 400 g/mol. The van der Waals surface area contributed by atoms with E-state index in [0.29, 0.717) is 5.69 Å². The van der Waals surface area contributed by atoms with E-state index >= 15 is 0 Å². The number of H-pyrrole nitrogens is 1. The number of thiophene rings is 1. The van der Waals surface area contributed by atoms with Crippen molar-refractivity contribution in [1.29, 1.82) is 0 Å². The Hall–Kier alpha value is -2.51.